The summed E-state index contributed by atoms with van der Waals surface area (Å²) >= 11 is -2.14. The lowest BCUT2D eigenvalue weighted by molar-refractivity contribution is -0.125. The summed E-state index contributed by atoms with van der Waals surface area (Å²) in [6.07, 6.45) is 0. The third kappa shape index (κ3) is 3.28. The molecule has 142 valence electrons. The van der Waals surface area contributed by atoms with Crippen LogP contribution in [0.4, 0.5) is 0 Å². The Morgan fingerprint density at radius 3 is 2.36 bits per heavy atom. The number of Topliss-reactive ketones (excluding diaryl/α,β-unsaturated/α-hetero) is 1. The molecule has 4 nitrogen and oxygen atoms in total. The monoisotopic (exact) mass is 391 g/mol. The van der Waals surface area contributed by atoms with E-state index in [0.29, 0.717) is 16.9 Å². The highest BCUT2D eigenvalue weighted by atomic mass is 32.2. The van der Waals surface area contributed by atoms with E-state index in [1.165, 1.54) is 0 Å². The smallest absolute Gasteiger partial charge is 0.210 e. The molecule has 0 bridgehead atoms. The van der Waals surface area contributed by atoms with Gasteiger partial charge in [0.1, 0.15) is 5.76 Å². The van der Waals surface area contributed by atoms with Gasteiger partial charge in [-0.2, -0.15) is 0 Å². The van der Waals surface area contributed by atoms with Gasteiger partial charge in [-0.05, 0) is 35.7 Å². The van der Waals surface area contributed by atoms with Crippen molar-refractivity contribution in [2.75, 3.05) is 0 Å². The van der Waals surface area contributed by atoms with Crippen molar-refractivity contribution in [2.24, 2.45) is 0 Å². The van der Waals surface area contributed by atoms with Crippen molar-refractivity contribution in [2.45, 2.75) is 25.2 Å². The SMILES string of the molecule is CC1(C)OC(c2ccc(CS(=O)[O-])cc2)=C(c2cccc3ccccc23)C1=O. The summed E-state index contributed by atoms with van der Waals surface area (Å²) < 4.78 is 27.9. The van der Waals surface area contributed by atoms with Gasteiger partial charge in [0.2, 0.25) is 5.78 Å². The number of fused-ring (bicyclic) bond motifs is 1. The first-order chi connectivity index (χ1) is 13.4. The van der Waals surface area contributed by atoms with Crippen LogP contribution in [0.25, 0.3) is 22.1 Å². The van der Waals surface area contributed by atoms with Crippen molar-refractivity contribution in [1.29, 1.82) is 0 Å². The number of carbonyl (C=O) groups excluding carboxylic acids is 1. The van der Waals surface area contributed by atoms with E-state index < -0.39 is 16.7 Å². The molecule has 0 amide bonds. The minimum absolute atomic E-state index is 0.0409. The molecule has 0 aliphatic carbocycles. The molecule has 28 heavy (non-hydrogen) atoms. The number of rotatable bonds is 4. The van der Waals surface area contributed by atoms with E-state index >= 15 is 0 Å². The van der Waals surface area contributed by atoms with Crippen molar-refractivity contribution in [3.8, 4) is 0 Å². The largest absolute Gasteiger partial charge is 0.772 e. The van der Waals surface area contributed by atoms with E-state index in [1.807, 2.05) is 42.5 Å². The number of ketones is 1. The molecule has 0 aromatic heterocycles. The Morgan fingerprint density at radius 1 is 0.964 bits per heavy atom. The third-order valence-corrected chi connectivity index (χ3v) is 5.49. The van der Waals surface area contributed by atoms with E-state index in [2.05, 4.69) is 0 Å². The van der Waals surface area contributed by atoms with Gasteiger partial charge in [0.05, 0.1) is 5.57 Å². The number of hydrogen-bond donors (Lipinski definition) is 0. The van der Waals surface area contributed by atoms with Gasteiger partial charge in [0, 0.05) is 11.3 Å². The molecule has 1 atom stereocenters. The van der Waals surface area contributed by atoms with Crippen LogP contribution >= 0.6 is 0 Å². The minimum Gasteiger partial charge on any atom is -0.772 e. The third-order valence-electron chi connectivity index (χ3n) is 4.92. The summed E-state index contributed by atoms with van der Waals surface area (Å²) in [6, 6.07) is 20.9. The zero-order valence-corrected chi connectivity index (χ0v) is 16.4. The maximum atomic E-state index is 13.2. The molecule has 1 aliphatic rings. The Labute approximate surface area is 166 Å². The topological polar surface area (TPSA) is 66.4 Å². The molecule has 1 unspecified atom stereocenters. The first-order valence-electron chi connectivity index (χ1n) is 8.98. The van der Waals surface area contributed by atoms with Crippen molar-refractivity contribution < 1.29 is 18.3 Å². The fraction of sp³-hybridized carbons (Fsp3) is 0.174. The number of hydrogen-bond acceptors (Lipinski definition) is 4. The molecule has 1 heterocycles. The highest BCUT2D eigenvalue weighted by Gasteiger charge is 2.43. The van der Waals surface area contributed by atoms with Crippen LogP contribution in [0.3, 0.4) is 0 Å². The lowest BCUT2D eigenvalue weighted by Crippen LogP contribution is -2.29. The summed E-state index contributed by atoms with van der Waals surface area (Å²) in [5.74, 6) is 0.422. The standard InChI is InChI=1S/C23H20O4S/c1-23(2)22(24)20(19-9-5-7-16-6-3-4-8-18(16)19)21(27-23)17-12-10-15(11-13-17)14-28(25)26/h3-13H,14H2,1-2H3,(H,25,26)/p-1. The summed E-state index contributed by atoms with van der Waals surface area (Å²) in [7, 11) is 0. The molecular formula is C23H19O4S-. The van der Waals surface area contributed by atoms with Crippen molar-refractivity contribution in [1.82, 2.24) is 0 Å². The molecule has 0 N–H and O–H groups in total. The molecule has 0 spiro atoms. The first kappa shape index (κ1) is 18.6. The van der Waals surface area contributed by atoms with Crippen LogP contribution in [-0.2, 0) is 26.4 Å². The second kappa shape index (κ2) is 7.00. The van der Waals surface area contributed by atoms with Gasteiger partial charge in [0.15, 0.2) is 5.60 Å². The maximum absolute atomic E-state index is 13.2. The molecule has 3 aromatic carbocycles. The first-order valence-corrected chi connectivity index (χ1v) is 10.2. The highest BCUT2D eigenvalue weighted by Crippen LogP contribution is 2.43. The van der Waals surface area contributed by atoms with E-state index in [-0.39, 0.29) is 11.5 Å². The van der Waals surface area contributed by atoms with Crippen LogP contribution in [0.5, 0.6) is 0 Å². The van der Waals surface area contributed by atoms with Gasteiger partial charge in [-0.25, -0.2) is 0 Å². The zero-order valence-electron chi connectivity index (χ0n) is 15.6. The van der Waals surface area contributed by atoms with E-state index in [1.54, 1.807) is 38.1 Å². The summed E-state index contributed by atoms with van der Waals surface area (Å²) in [5, 5.41) is 2.04. The Bertz CT molecular complexity index is 1120. The van der Waals surface area contributed by atoms with Gasteiger partial charge in [-0.1, -0.05) is 77.8 Å². The van der Waals surface area contributed by atoms with Gasteiger partial charge in [-0.3, -0.25) is 9.00 Å². The quantitative estimate of drug-likeness (QED) is 0.616. The minimum atomic E-state index is -2.14. The van der Waals surface area contributed by atoms with Gasteiger partial charge in [-0.15, -0.1) is 0 Å². The average Bonchev–Trinajstić information content (AvgIpc) is 2.91. The van der Waals surface area contributed by atoms with E-state index in [4.69, 9.17) is 4.74 Å². The Morgan fingerprint density at radius 2 is 1.64 bits per heavy atom. The molecule has 0 saturated carbocycles. The highest BCUT2D eigenvalue weighted by molar-refractivity contribution is 7.78. The molecule has 4 rings (SSSR count). The fourth-order valence-corrected chi connectivity index (χ4v) is 4.00. The molecular weight excluding hydrogens is 372 g/mol. The van der Waals surface area contributed by atoms with E-state index in [9.17, 15) is 13.6 Å². The molecule has 0 radical (unpaired) electrons. The second-order valence-corrected chi connectivity index (χ2v) is 8.21. The summed E-state index contributed by atoms with van der Waals surface area (Å²) in [6.45, 7) is 3.53. The van der Waals surface area contributed by atoms with Crippen molar-refractivity contribution in [3.05, 3.63) is 83.4 Å². The van der Waals surface area contributed by atoms with Crippen LogP contribution in [0.2, 0.25) is 0 Å². The molecule has 0 fully saturated rings. The van der Waals surface area contributed by atoms with E-state index in [0.717, 1.165) is 21.9 Å². The second-order valence-electron chi connectivity index (χ2n) is 7.32. The lowest BCUT2D eigenvalue weighted by atomic mass is 9.89. The predicted octanol–water partition coefficient (Wildman–Crippen LogP) is 4.47. The van der Waals surface area contributed by atoms with Crippen LogP contribution < -0.4 is 0 Å². The van der Waals surface area contributed by atoms with Crippen molar-refractivity contribution in [3.63, 3.8) is 0 Å². The normalized spacial score (nSPS) is 17.0. The predicted molar refractivity (Wildman–Crippen MR) is 110 cm³/mol. The summed E-state index contributed by atoms with van der Waals surface area (Å²) in [5.41, 5.74) is 1.88. The maximum Gasteiger partial charge on any atom is 0.210 e. The number of ether oxygens (including phenoxy) is 1. The van der Waals surface area contributed by atoms with Crippen LogP contribution in [0, 0.1) is 0 Å². The van der Waals surface area contributed by atoms with Crippen LogP contribution in [-0.4, -0.2) is 20.1 Å². The average molecular weight is 391 g/mol. The van der Waals surface area contributed by atoms with Crippen molar-refractivity contribution >= 4 is 39.0 Å². The van der Waals surface area contributed by atoms with Gasteiger partial charge >= 0.3 is 0 Å². The number of benzene rings is 3. The molecule has 1 aliphatic heterocycles. The molecule has 3 aromatic rings. The molecule has 0 saturated heterocycles. The number of carbonyl (C=O) groups is 1. The Hall–Kier alpha value is -2.76. The van der Waals surface area contributed by atoms with Crippen LogP contribution in [0.1, 0.15) is 30.5 Å². The fourth-order valence-electron chi connectivity index (χ4n) is 3.54. The van der Waals surface area contributed by atoms with Gasteiger partial charge < -0.3 is 9.29 Å². The Balaban J connectivity index is 1.89. The van der Waals surface area contributed by atoms with Gasteiger partial charge in [0.25, 0.3) is 0 Å². The lowest BCUT2D eigenvalue weighted by Gasteiger charge is -2.18. The molecule has 5 heteroatoms. The zero-order chi connectivity index (χ0) is 19.9. The Kier molecular flexibility index (Phi) is 4.65. The summed E-state index contributed by atoms with van der Waals surface area (Å²) in [4.78, 5) is 13.2. The van der Waals surface area contributed by atoms with Crippen LogP contribution in [0.15, 0.2) is 66.7 Å².